The smallest absolute Gasteiger partial charge is 0.272 e. The van der Waals surface area contributed by atoms with Crippen molar-refractivity contribution in [3.63, 3.8) is 0 Å². The fourth-order valence-electron chi connectivity index (χ4n) is 3.42. The number of para-hydroxylation sites is 1. The van der Waals surface area contributed by atoms with E-state index in [9.17, 15) is 14.7 Å². The molecule has 0 fully saturated rings. The minimum Gasteiger partial charge on any atom is -0.508 e. The van der Waals surface area contributed by atoms with Crippen molar-refractivity contribution < 1.29 is 9.90 Å². The van der Waals surface area contributed by atoms with E-state index in [-0.39, 0.29) is 27.7 Å². The zero-order valence-corrected chi connectivity index (χ0v) is 17.8. The van der Waals surface area contributed by atoms with Crippen molar-refractivity contribution in [2.75, 3.05) is 5.32 Å². The maximum atomic E-state index is 12.9. The number of aromatic amines is 1. The molecule has 0 aliphatic heterocycles. The molecule has 0 spiro atoms. The average molecular weight is 392 g/mol. The van der Waals surface area contributed by atoms with Gasteiger partial charge in [-0.05, 0) is 40.2 Å². The number of H-pyrrole nitrogens is 1. The van der Waals surface area contributed by atoms with Crippen LogP contribution in [0.1, 0.15) is 63.2 Å². The summed E-state index contributed by atoms with van der Waals surface area (Å²) in [6.45, 7) is 12.3. The standard InChI is InChI=1S/C24H28N2O3/c1-23(2,3)15-11-16(24(4,5)6)21(28)12-18(15)26-22(29)19-13-20(27)14-9-7-8-10-17(14)25-19/h7-13,28H,1-6H3,(H,25,27)(H,26,29). The molecule has 0 radical (unpaired) electrons. The van der Waals surface area contributed by atoms with Crippen LogP contribution in [-0.2, 0) is 10.8 Å². The highest BCUT2D eigenvalue weighted by Crippen LogP contribution is 2.39. The van der Waals surface area contributed by atoms with Crippen LogP contribution in [-0.4, -0.2) is 16.0 Å². The van der Waals surface area contributed by atoms with E-state index in [0.717, 1.165) is 11.1 Å². The summed E-state index contributed by atoms with van der Waals surface area (Å²) in [6.07, 6.45) is 0. The van der Waals surface area contributed by atoms with Crippen molar-refractivity contribution in [1.29, 1.82) is 0 Å². The number of rotatable bonds is 2. The second-order valence-corrected chi connectivity index (χ2v) is 9.46. The normalized spacial score (nSPS) is 12.2. The van der Waals surface area contributed by atoms with Gasteiger partial charge in [-0.2, -0.15) is 0 Å². The third-order valence-corrected chi connectivity index (χ3v) is 4.98. The van der Waals surface area contributed by atoms with Crippen LogP contribution >= 0.6 is 0 Å². The maximum absolute atomic E-state index is 12.9. The van der Waals surface area contributed by atoms with Crippen LogP contribution in [0.4, 0.5) is 5.69 Å². The van der Waals surface area contributed by atoms with Crippen molar-refractivity contribution in [3.05, 3.63) is 69.5 Å². The molecule has 3 N–H and O–H groups in total. The van der Waals surface area contributed by atoms with Crippen LogP contribution in [0, 0.1) is 0 Å². The summed E-state index contributed by atoms with van der Waals surface area (Å²) in [7, 11) is 0. The van der Waals surface area contributed by atoms with E-state index in [1.165, 1.54) is 6.07 Å². The lowest BCUT2D eigenvalue weighted by molar-refractivity contribution is 0.102. The van der Waals surface area contributed by atoms with E-state index in [4.69, 9.17) is 0 Å². The summed E-state index contributed by atoms with van der Waals surface area (Å²) >= 11 is 0. The number of carbonyl (C=O) groups is 1. The van der Waals surface area contributed by atoms with Crippen LogP contribution in [0.5, 0.6) is 5.75 Å². The number of benzene rings is 2. The van der Waals surface area contributed by atoms with E-state index < -0.39 is 5.91 Å². The maximum Gasteiger partial charge on any atom is 0.272 e. The van der Waals surface area contributed by atoms with Crippen molar-refractivity contribution in [2.24, 2.45) is 0 Å². The van der Waals surface area contributed by atoms with Crippen LogP contribution in [0.15, 0.2) is 47.3 Å². The summed E-state index contributed by atoms with van der Waals surface area (Å²) in [5, 5.41) is 14.0. The molecule has 0 saturated carbocycles. The van der Waals surface area contributed by atoms with Crippen molar-refractivity contribution in [1.82, 2.24) is 4.98 Å². The SMILES string of the molecule is CC(C)(C)c1cc(C(C)(C)C)c(NC(=O)c2cc(=O)c3ccccc3[nH]2)cc1O. The first-order valence-electron chi connectivity index (χ1n) is 9.69. The molecule has 29 heavy (non-hydrogen) atoms. The number of hydrogen-bond acceptors (Lipinski definition) is 3. The van der Waals surface area contributed by atoms with E-state index in [1.807, 2.05) is 26.8 Å². The average Bonchev–Trinajstić information content (AvgIpc) is 2.59. The van der Waals surface area contributed by atoms with Gasteiger partial charge in [0, 0.05) is 28.7 Å². The second-order valence-electron chi connectivity index (χ2n) is 9.46. The highest BCUT2D eigenvalue weighted by atomic mass is 16.3. The summed E-state index contributed by atoms with van der Waals surface area (Å²) in [5.41, 5.74) is 2.33. The third kappa shape index (κ3) is 4.19. The molecule has 1 heterocycles. The van der Waals surface area contributed by atoms with Gasteiger partial charge in [0.1, 0.15) is 11.4 Å². The molecule has 3 aromatic rings. The third-order valence-electron chi connectivity index (χ3n) is 4.98. The van der Waals surface area contributed by atoms with Gasteiger partial charge in [-0.25, -0.2) is 0 Å². The predicted octanol–water partition coefficient (Wildman–Crippen LogP) is 5.08. The van der Waals surface area contributed by atoms with Crippen molar-refractivity contribution in [3.8, 4) is 5.75 Å². The number of fused-ring (bicyclic) bond motifs is 1. The summed E-state index contributed by atoms with van der Waals surface area (Å²) in [4.78, 5) is 28.3. The first kappa shape index (κ1) is 20.6. The summed E-state index contributed by atoms with van der Waals surface area (Å²) in [6, 6.07) is 11.9. The number of aromatic nitrogens is 1. The monoisotopic (exact) mass is 392 g/mol. The second kappa shape index (κ2) is 7.07. The number of phenols is 1. The number of nitrogens with one attached hydrogen (secondary N) is 2. The molecule has 0 unspecified atom stereocenters. The molecule has 5 nitrogen and oxygen atoms in total. The molecule has 152 valence electrons. The van der Waals surface area contributed by atoms with E-state index >= 15 is 0 Å². The molecule has 5 heteroatoms. The molecule has 1 aromatic heterocycles. The molecule has 0 bridgehead atoms. The Morgan fingerprint density at radius 2 is 1.55 bits per heavy atom. The Bertz CT molecular complexity index is 1150. The van der Waals surface area contributed by atoms with Crippen LogP contribution < -0.4 is 10.7 Å². The number of carbonyl (C=O) groups excluding carboxylic acids is 1. The van der Waals surface area contributed by atoms with Gasteiger partial charge in [0.2, 0.25) is 0 Å². The summed E-state index contributed by atoms with van der Waals surface area (Å²) in [5.74, 6) is -0.297. The number of hydrogen-bond donors (Lipinski definition) is 3. The van der Waals surface area contributed by atoms with Crippen molar-refractivity contribution >= 4 is 22.5 Å². The number of aromatic hydroxyl groups is 1. The topological polar surface area (TPSA) is 82.2 Å². The van der Waals surface area contributed by atoms with Gasteiger partial charge >= 0.3 is 0 Å². The molecule has 1 amide bonds. The Kier molecular flexibility index (Phi) is 5.03. The number of amides is 1. The lowest BCUT2D eigenvalue weighted by Crippen LogP contribution is -2.22. The van der Waals surface area contributed by atoms with E-state index in [2.05, 4.69) is 31.1 Å². The lowest BCUT2D eigenvalue weighted by atomic mass is 9.79. The van der Waals surface area contributed by atoms with Gasteiger partial charge in [0.25, 0.3) is 5.91 Å². The van der Waals surface area contributed by atoms with Gasteiger partial charge < -0.3 is 15.4 Å². The largest absolute Gasteiger partial charge is 0.508 e. The van der Waals surface area contributed by atoms with Crippen LogP contribution in [0.2, 0.25) is 0 Å². The number of pyridine rings is 1. The Morgan fingerprint density at radius 3 is 2.17 bits per heavy atom. The highest BCUT2D eigenvalue weighted by molar-refractivity contribution is 6.04. The lowest BCUT2D eigenvalue weighted by Gasteiger charge is -2.28. The first-order valence-corrected chi connectivity index (χ1v) is 9.69. The molecule has 0 atom stereocenters. The molecule has 0 aliphatic rings. The minimum atomic E-state index is -0.429. The quantitative estimate of drug-likeness (QED) is 0.569. The van der Waals surface area contributed by atoms with Gasteiger partial charge in [-0.1, -0.05) is 53.7 Å². The van der Waals surface area contributed by atoms with Crippen LogP contribution in [0.25, 0.3) is 10.9 Å². The first-order chi connectivity index (χ1) is 13.4. The van der Waals surface area contributed by atoms with E-state index in [1.54, 1.807) is 30.3 Å². The fourth-order valence-corrected chi connectivity index (χ4v) is 3.42. The molecule has 2 aromatic carbocycles. The molecular formula is C24H28N2O3. The number of phenolic OH excluding ortho intramolecular Hbond substituents is 1. The Labute approximate surface area is 170 Å². The predicted molar refractivity (Wildman–Crippen MR) is 118 cm³/mol. The van der Waals surface area contributed by atoms with E-state index in [0.29, 0.717) is 16.6 Å². The zero-order chi connectivity index (χ0) is 21.6. The Balaban J connectivity index is 2.07. The molecule has 0 saturated heterocycles. The minimum absolute atomic E-state index is 0.132. The van der Waals surface area contributed by atoms with Gasteiger partial charge in [-0.15, -0.1) is 0 Å². The Hall–Kier alpha value is -3.08. The van der Waals surface area contributed by atoms with Gasteiger partial charge in [0.05, 0.1) is 0 Å². The molecular weight excluding hydrogens is 364 g/mol. The Morgan fingerprint density at radius 1 is 0.931 bits per heavy atom. The fraction of sp³-hybridized carbons (Fsp3) is 0.333. The number of anilines is 1. The van der Waals surface area contributed by atoms with Crippen molar-refractivity contribution in [2.45, 2.75) is 52.4 Å². The molecule has 3 rings (SSSR count). The van der Waals surface area contributed by atoms with Gasteiger partial charge in [0.15, 0.2) is 5.43 Å². The summed E-state index contributed by atoms with van der Waals surface area (Å²) < 4.78 is 0. The van der Waals surface area contributed by atoms with Crippen LogP contribution in [0.3, 0.4) is 0 Å². The highest BCUT2D eigenvalue weighted by Gasteiger charge is 2.26. The van der Waals surface area contributed by atoms with Gasteiger partial charge in [-0.3, -0.25) is 9.59 Å². The zero-order valence-electron chi connectivity index (χ0n) is 17.8. The molecule has 0 aliphatic carbocycles.